The third kappa shape index (κ3) is 3.19. The number of nitrogens with two attached hydrogens (primary N) is 1. The second-order valence-corrected chi connectivity index (χ2v) is 3.85. The van der Waals surface area contributed by atoms with Crippen LogP contribution in [-0.4, -0.2) is 23.2 Å². The van der Waals surface area contributed by atoms with Gasteiger partial charge in [-0.2, -0.15) is 10.2 Å². The van der Waals surface area contributed by atoms with E-state index in [1.807, 2.05) is 0 Å². The number of benzene rings is 1. The van der Waals surface area contributed by atoms with Crippen LogP contribution in [0.2, 0.25) is 0 Å². The van der Waals surface area contributed by atoms with E-state index in [0.717, 1.165) is 0 Å². The van der Waals surface area contributed by atoms with Crippen LogP contribution in [0.5, 0.6) is 5.75 Å². The number of anilines is 1. The van der Waals surface area contributed by atoms with Crippen LogP contribution in [-0.2, 0) is 6.54 Å². The highest BCUT2D eigenvalue weighted by Crippen LogP contribution is 2.19. The predicted molar refractivity (Wildman–Crippen MR) is 70.6 cm³/mol. The summed E-state index contributed by atoms with van der Waals surface area (Å²) in [6.45, 7) is 0.295. The molecule has 0 atom stereocenters. The van der Waals surface area contributed by atoms with Crippen LogP contribution in [0.4, 0.5) is 5.69 Å². The van der Waals surface area contributed by atoms with E-state index in [4.69, 9.17) is 10.5 Å². The summed E-state index contributed by atoms with van der Waals surface area (Å²) in [7, 11) is 1.53. The summed E-state index contributed by atoms with van der Waals surface area (Å²) in [5.74, 6) is 0.306. The number of carbonyl (C=O) groups is 1. The van der Waals surface area contributed by atoms with Gasteiger partial charge in [0.1, 0.15) is 5.75 Å². The molecule has 6 nitrogen and oxygen atoms in total. The van der Waals surface area contributed by atoms with Crippen molar-refractivity contribution in [3.8, 4) is 5.75 Å². The molecule has 0 aliphatic carbocycles. The largest absolute Gasteiger partial charge is 0.497 e. The fourth-order valence-electron chi connectivity index (χ4n) is 1.55. The Morgan fingerprint density at radius 2 is 2.26 bits per heavy atom. The van der Waals surface area contributed by atoms with Crippen molar-refractivity contribution in [1.82, 2.24) is 15.5 Å². The van der Waals surface area contributed by atoms with Gasteiger partial charge in [0.2, 0.25) is 0 Å². The molecule has 0 unspecified atom stereocenters. The smallest absolute Gasteiger partial charge is 0.253 e. The number of ether oxygens (including phenoxy) is 1. The Hall–Kier alpha value is -2.63. The predicted octanol–water partition coefficient (Wildman–Crippen LogP) is 0.997. The Morgan fingerprint density at radius 1 is 1.42 bits per heavy atom. The van der Waals surface area contributed by atoms with E-state index < -0.39 is 0 Å². The fraction of sp³-hybridized carbons (Fsp3) is 0.154. The molecule has 0 fully saturated rings. The van der Waals surface area contributed by atoms with Crippen LogP contribution >= 0.6 is 0 Å². The molecule has 2 aromatic rings. The van der Waals surface area contributed by atoms with Crippen molar-refractivity contribution in [3.63, 3.8) is 0 Å². The minimum absolute atomic E-state index is 0.276. The third-order valence-electron chi connectivity index (χ3n) is 2.56. The molecule has 1 amide bonds. The molecule has 1 aromatic heterocycles. The van der Waals surface area contributed by atoms with E-state index in [0.29, 0.717) is 29.2 Å². The lowest BCUT2D eigenvalue weighted by molar-refractivity contribution is 0.0951. The third-order valence-corrected chi connectivity index (χ3v) is 2.56. The van der Waals surface area contributed by atoms with Crippen LogP contribution in [0.15, 0.2) is 36.5 Å². The molecule has 1 heterocycles. The monoisotopic (exact) mass is 258 g/mol. The Balaban J connectivity index is 2.08. The maximum absolute atomic E-state index is 12.0. The highest BCUT2D eigenvalue weighted by atomic mass is 16.5. The quantitative estimate of drug-likeness (QED) is 0.798. The van der Waals surface area contributed by atoms with Gasteiger partial charge in [-0.05, 0) is 30.3 Å². The molecule has 0 saturated carbocycles. The molecule has 1 aromatic carbocycles. The van der Waals surface area contributed by atoms with Crippen molar-refractivity contribution in [1.29, 1.82) is 0 Å². The maximum atomic E-state index is 12.0. The number of rotatable bonds is 4. The summed E-state index contributed by atoms with van der Waals surface area (Å²) in [4.78, 5) is 12.0. The summed E-state index contributed by atoms with van der Waals surface area (Å²) < 4.78 is 5.06. The minimum Gasteiger partial charge on any atom is -0.497 e. The van der Waals surface area contributed by atoms with Gasteiger partial charge in [0, 0.05) is 11.9 Å². The summed E-state index contributed by atoms with van der Waals surface area (Å²) in [5.41, 5.74) is 7.23. The molecule has 0 aliphatic heterocycles. The lowest BCUT2D eigenvalue weighted by atomic mass is 10.1. The van der Waals surface area contributed by atoms with Crippen LogP contribution < -0.4 is 15.8 Å². The number of nitrogens with zero attached hydrogens (tertiary/aromatic N) is 2. The van der Waals surface area contributed by atoms with Crippen molar-refractivity contribution >= 4 is 11.6 Å². The second-order valence-electron chi connectivity index (χ2n) is 3.85. The number of hydrogen-bond acceptors (Lipinski definition) is 5. The molecule has 0 bridgehead atoms. The van der Waals surface area contributed by atoms with E-state index in [-0.39, 0.29) is 5.91 Å². The summed E-state index contributed by atoms with van der Waals surface area (Å²) in [6, 6.07) is 8.48. The number of amides is 1. The lowest BCUT2D eigenvalue weighted by Gasteiger charge is -2.08. The number of carbonyl (C=O) groups excluding carboxylic acids is 1. The number of nitrogens with one attached hydrogen (secondary N) is 1. The molecular formula is C13H14N4O2. The lowest BCUT2D eigenvalue weighted by Crippen LogP contribution is -2.24. The van der Waals surface area contributed by atoms with E-state index in [9.17, 15) is 4.79 Å². The first-order valence-electron chi connectivity index (χ1n) is 5.69. The van der Waals surface area contributed by atoms with Gasteiger partial charge in [-0.1, -0.05) is 0 Å². The molecule has 0 spiro atoms. The molecular weight excluding hydrogens is 244 g/mol. The molecule has 0 aliphatic rings. The molecule has 2 rings (SSSR count). The van der Waals surface area contributed by atoms with Gasteiger partial charge in [0.15, 0.2) is 0 Å². The van der Waals surface area contributed by atoms with Crippen molar-refractivity contribution in [2.45, 2.75) is 6.54 Å². The molecule has 6 heteroatoms. The fourth-order valence-corrected chi connectivity index (χ4v) is 1.55. The molecule has 98 valence electrons. The first kappa shape index (κ1) is 12.8. The van der Waals surface area contributed by atoms with Gasteiger partial charge in [-0.15, -0.1) is 0 Å². The average Bonchev–Trinajstić information content (AvgIpc) is 2.46. The molecule has 0 saturated heterocycles. The summed E-state index contributed by atoms with van der Waals surface area (Å²) in [5, 5.41) is 10.3. The highest BCUT2D eigenvalue weighted by molar-refractivity contribution is 5.99. The Labute approximate surface area is 110 Å². The zero-order chi connectivity index (χ0) is 13.7. The van der Waals surface area contributed by atoms with Gasteiger partial charge in [-0.25, -0.2) is 0 Å². The molecule has 0 radical (unpaired) electrons. The second kappa shape index (κ2) is 5.81. The minimum atomic E-state index is -0.276. The van der Waals surface area contributed by atoms with Crippen LogP contribution in [0.25, 0.3) is 0 Å². The van der Waals surface area contributed by atoms with Gasteiger partial charge < -0.3 is 15.8 Å². The highest BCUT2D eigenvalue weighted by Gasteiger charge is 2.11. The topological polar surface area (TPSA) is 90.1 Å². The Morgan fingerprint density at radius 3 is 2.95 bits per heavy atom. The van der Waals surface area contributed by atoms with Gasteiger partial charge in [-0.3, -0.25) is 4.79 Å². The SMILES string of the molecule is COc1ccc(N)c(C(=O)NCc2cccnn2)c1. The first-order valence-corrected chi connectivity index (χ1v) is 5.69. The van der Waals surface area contributed by atoms with E-state index in [1.54, 1.807) is 36.5 Å². The van der Waals surface area contributed by atoms with Gasteiger partial charge in [0.05, 0.1) is 24.9 Å². The molecule has 3 N–H and O–H groups in total. The van der Waals surface area contributed by atoms with Crippen molar-refractivity contribution in [2.24, 2.45) is 0 Å². The standard InChI is InChI=1S/C13H14N4O2/c1-19-10-4-5-12(14)11(7-10)13(18)15-8-9-3-2-6-16-17-9/h2-7H,8,14H2,1H3,(H,15,18). The van der Waals surface area contributed by atoms with Crippen molar-refractivity contribution in [2.75, 3.05) is 12.8 Å². The maximum Gasteiger partial charge on any atom is 0.253 e. The average molecular weight is 258 g/mol. The zero-order valence-corrected chi connectivity index (χ0v) is 10.5. The van der Waals surface area contributed by atoms with E-state index in [1.165, 1.54) is 7.11 Å². The Kier molecular flexibility index (Phi) is 3.92. The summed E-state index contributed by atoms with van der Waals surface area (Å²) >= 11 is 0. The van der Waals surface area contributed by atoms with Crippen LogP contribution in [0, 0.1) is 0 Å². The van der Waals surface area contributed by atoms with Crippen molar-refractivity contribution in [3.05, 3.63) is 47.8 Å². The first-order chi connectivity index (χ1) is 9.20. The van der Waals surface area contributed by atoms with Crippen molar-refractivity contribution < 1.29 is 9.53 Å². The number of methoxy groups -OCH3 is 1. The van der Waals surface area contributed by atoms with Gasteiger partial charge in [0.25, 0.3) is 5.91 Å². The van der Waals surface area contributed by atoms with E-state index >= 15 is 0 Å². The normalized spacial score (nSPS) is 9.95. The van der Waals surface area contributed by atoms with Crippen LogP contribution in [0.1, 0.15) is 16.1 Å². The number of hydrogen-bond donors (Lipinski definition) is 2. The number of aromatic nitrogens is 2. The van der Waals surface area contributed by atoms with E-state index in [2.05, 4.69) is 15.5 Å². The van der Waals surface area contributed by atoms with Crippen LogP contribution in [0.3, 0.4) is 0 Å². The zero-order valence-electron chi connectivity index (χ0n) is 10.5. The summed E-state index contributed by atoms with van der Waals surface area (Å²) in [6.07, 6.45) is 1.57. The number of nitrogen functional groups attached to an aromatic ring is 1. The molecule has 19 heavy (non-hydrogen) atoms. The Bertz CT molecular complexity index is 572. The van der Waals surface area contributed by atoms with Gasteiger partial charge >= 0.3 is 0 Å².